The molecule has 0 bridgehead atoms. The van der Waals surface area contributed by atoms with E-state index in [4.69, 9.17) is 16.0 Å². The summed E-state index contributed by atoms with van der Waals surface area (Å²) in [5, 5.41) is 6.12. The minimum atomic E-state index is -0.681. The van der Waals surface area contributed by atoms with Gasteiger partial charge in [-0.05, 0) is 30.2 Å². The molecule has 0 aliphatic carbocycles. The molecular weight excluding hydrogens is 356 g/mol. The molecule has 2 N–H and O–H groups in total. The summed E-state index contributed by atoms with van der Waals surface area (Å²) in [5.74, 6) is -0.629. The lowest BCUT2D eigenvalue weighted by Crippen LogP contribution is -2.49. The highest BCUT2D eigenvalue weighted by atomic mass is 35.5. The fraction of sp³-hybridized carbons (Fsp3) is 0.278. The van der Waals surface area contributed by atoms with E-state index in [2.05, 4.69) is 15.6 Å². The van der Waals surface area contributed by atoms with E-state index in [1.807, 2.05) is 13.8 Å². The maximum absolute atomic E-state index is 12.5. The number of furan rings is 1. The first-order valence-electron chi connectivity index (χ1n) is 8.19. The first-order chi connectivity index (χ1) is 12.4. The van der Waals surface area contributed by atoms with Crippen molar-refractivity contribution in [2.24, 2.45) is 5.92 Å². The van der Waals surface area contributed by atoms with Crippen LogP contribution in [0, 0.1) is 5.92 Å². The zero-order valence-electron chi connectivity index (χ0n) is 14.4. The molecule has 3 aromatic rings. The molecule has 0 radical (unpaired) electrons. The Labute approximate surface area is 155 Å². The average Bonchev–Trinajstić information content (AvgIpc) is 3.26. The third kappa shape index (κ3) is 4.05. The Balaban J connectivity index is 1.64. The van der Waals surface area contributed by atoms with Gasteiger partial charge in [-0.25, -0.2) is 4.98 Å². The smallest absolute Gasteiger partial charge is 0.287 e. The first-order valence-corrected chi connectivity index (χ1v) is 8.57. The highest BCUT2D eigenvalue weighted by molar-refractivity contribution is 6.30. The van der Waals surface area contributed by atoms with Gasteiger partial charge in [0.05, 0.1) is 23.5 Å². The SMILES string of the molecule is CC(C)C(NC(=O)c1ccco1)C(=O)NCc1cn2cc(Cl)ccc2n1. The Morgan fingerprint density at radius 3 is 2.77 bits per heavy atom. The van der Waals surface area contributed by atoms with Gasteiger partial charge in [-0.15, -0.1) is 0 Å². The van der Waals surface area contributed by atoms with Crippen molar-refractivity contribution in [3.8, 4) is 0 Å². The molecule has 0 saturated carbocycles. The van der Waals surface area contributed by atoms with E-state index in [0.29, 0.717) is 10.7 Å². The summed E-state index contributed by atoms with van der Waals surface area (Å²) in [6.45, 7) is 3.97. The minimum Gasteiger partial charge on any atom is -0.459 e. The molecule has 0 spiro atoms. The predicted octanol–water partition coefficient (Wildman–Crippen LogP) is 2.65. The molecule has 136 valence electrons. The number of rotatable bonds is 6. The van der Waals surface area contributed by atoms with E-state index >= 15 is 0 Å². The minimum absolute atomic E-state index is 0.0891. The number of nitrogens with one attached hydrogen (secondary N) is 2. The van der Waals surface area contributed by atoms with Crippen LogP contribution in [0.3, 0.4) is 0 Å². The number of nitrogens with zero attached hydrogens (tertiary/aromatic N) is 2. The lowest BCUT2D eigenvalue weighted by atomic mass is 10.0. The first kappa shape index (κ1) is 18.0. The van der Waals surface area contributed by atoms with Gasteiger partial charge in [-0.3, -0.25) is 9.59 Å². The normalized spacial score (nSPS) is 12.3. The van der Waals surface area contributed by atoms with Crippen LogP contribution in [0.4, 0.5) is 0 Å². The molecular formula is C18H19ClN4O3. The number of hydrogen-bond acceptors (Lipinski definition) is 4. The summed E-state index contributed by atoms with van der Waals surface area (Å²) < 4.78 is 6.86. The van der Waals surface area contributed by atoms with Crippen molar-refractivity contribution < 1.29 is 14.0 Å². The summed E-state index contributed by atoms with van der Waals surface area (Å²) >= 11 is 5.96. The molecule has 3 heterocycles. The highest BCUT2D eigenvalue weighted by Gasteiger charge is 2.25. The number of fused-ring (bicyclic) bond motifs is 1. The van der Waals surface area contributed by atoms with Crippen molar-refractivity contribution in [1.29, 1.82) is 0 Å². The Hall–Kier alpha value is -2.80. The molecule has 0 aliphatic heterocycles. The van der Waals surface area contributed by atoms with Crippen LogP contribution in [0.25, 0.3) is 5.65 Å². The van der Waals surface area contributed by atoms with Crippen molar-refractivity contribution >= 4 is 29.1 Å². The van der Waals surface area contributed by atoms with E-state index in [9.17, 15) is 9.59 Å². The Kier molecular flexibility index (Phi) is 5.27. The van der Waals surface area contributed by atoms with E-state index in [0.717, 1.165) is 5.65 Å². The lowest BCUT2D eigenvalue weighted by molar-refractivity contribution is -0.124. The number of carbonyl (C=O) groups excluding carboxylic acids is 2. The van der Waals surface area contributed by atoms with E-state index in [1.165, 1.54) is 6.26 Å². The van der Waals surface area contributed by atoms with Crippen LogP contribution < -0.4 is 10.6 Å². The van der Waals surface area contributed by atoms with Gasteiger partial charge in [0.1, 0.15) is 11.7 Å². The molecule has 8 heteroatoms. The van der Waals surface area contributed by atoms with Gasteiger partial charge < -0.3 is 19.5 Å². The van der Waals surface area contributed by atoms with Crippen LogP contribution in [0.2, 0.25) is 5.02 Å². The number of pyridine rings is 1. The van der Waals surface area contributed by atoms with Gasteiger partial charge in [-0.2, -0.15) is 0 Å². The number of amides is 2. The number of carbonyl (C=O) groups is 2. The summed E-state index contributed by atoms with van der Waals surface area (Å²) in [6, 6.07) is 6.04. The Morgan fingerprint density at radius 2 is 2.08 bits per heavy atom. The highest BCUT2D eigenvalue weighted by Crippen LogP contribution is 2.12. The lowest BCUT2D eigenvalue weighted by Gasteiger charge is -2.20. The second-order valence-electron chi connectivity index (χ2n) is 6.24. The standard InChI is InChI=1S/C18H19ClN4O3/c1-11(2)16(22-17(24)14-4-3-7-26-14)18(25)20-8-13-10-23-9-12(19)5-6-15(23)21-13/h3-7,9-11,16H,8H2,1-2H3,(H,20,25)(H,22,24). The van der Waals surface area contributed by atoms with Gasteiger partial charge in [0.2, 0.25) is 5.91 Å². The van der Waals surface area contributed by atoms with Crippen molar-refractivity contribution in [3.05, 3.63) is 59.4 Å². The van der Waals surface area contributed by atoms with Crippen LogP contribution in [0.5, 0.6) is 0 Å². The van der Waals surface area contributed by atoms with Gasteiger partial charge in [0, 0.05) is 12.4 Å². The molecule has 2 amide bonds. The third-order valence-electron chi connectivity index (χ3n) is 3.89. The summed E-state index contributed by atoms with van der Waals surface area (Å²) in [4.78, 5) is 29.1. The number of imidazole rings is 1. The average molecular weight is 375 g/mol. The molecule has 0 aliphatic rings. The largest absolute Gasteiger partial charge is 0.459 e. The second-order valence-corrected chi connectivity index (χ2v) is 6.67. The quantitative estimate of drug-likeness (QED) is 0.694. The Bertz CT molecular complexity index is 918. The predicted molar refractivity (Wildman–Crippen MR) is 96.8 cm³/mol. The summed E-state index contributed by atoms with van der Waals surface area (Å²) in [6.07, 6.45) is 4.96. The maximum atomic E-state index is 12.5. The summed E-state index contributed by atoms with van der Waals surface area (Å²) in [5.41, 5.74) is 1.44. The van der Waals surface area contributed by atoms with Crippen molar-refractivity contribution in [1.82, 2.24) is 20.0 Å². The van der Waals surface area contributed by atoms with Gasteiger partial charge in [0.25, 0.3) is 5.91 Å². The number of halogens is 1. The van der Waals surface area contributed by atoms with Crippen LogP contribution in [0.1, 0.15) is 30.1 Å². The van der Waals surface area contributed by atoms with Gasteiger partial charge in [0.15, 0.2) is 5.76 Å². The van der Waals surface area contributed by atoms with E-state index in [-0.39, 0.29) is 24.1 Å². The van der Waals surface area contributed by atoms with Crippen molar-refractivity contribution in [2.75, 3.05) is 0 Å². The zero-order chi connectivity index (χ0) is 18.7. The molecule has 26 heavy (non-hydrogen) atoms. The Morgan fingerprint density at radius 1 is 1.27 bits per heavy atom. The van der Waals surface area contributed by atoms with Crippen molar-refractivity contribution in [2.45, 2.75) is 26.4 Å². The van der Waals surface area contributed by atoms with Crippen molar-refractivity contribution in [3.63, 3.8) is 0 Å². The number of aromatic nitrogens is 2. The number of hydrogen-bond donors (Lipinski definition) is 2. The van der Waals surface area contributed by atoms with E-state index in [1.54, 1.807) is 41.1 Å². The fourth-order valence-electron chi connectivity index (χ4n) is 2.55. The molecule has 3 aromatic heterocycles. The van der Waals surface area contributed by atoms with Crippen LogP contribution in [-0.4, -0.2) is 27.2 Å². The monoisotopic (exact) mass is 374 g/mol. The van der Waals surface area contributed by atoms with E-state index < -0.39 is 11.9 Å². The van der Waals surface area contributed by atoms with Gasteiger partial charge >= 0.3 is 0 Å². The molecule has 1 unspecified atom stereocenters. The fourth-order valence-corrected chi connectivity index (χ4v) is 2.71. The maximum Gasteiger partial charge on any atom is 0.287 e. The topological polar surface area (TPSA) is 88.6 Å². The molecule has 7 nitrogen and oxygen atoms in total. The summed E-state index contributed by atoms with van der Waals surface area (Å²) in [7, 11) is 0. The second kappa shape index (κ2) is 7.61. The van der Waals surface area contributed by atoms with Crippen LogP contribution in [-0.2, 0) is 11.3 Å². The molecule has 1 atom stereocenters. The third-order valence-corrected chi connectivity index (χ3v) is 4.11. The molecule has 0 fully saturated rings. The van der Waals surface area contributed by atoms with Crippen LogP contribution in [0.15, 0.2) is 47.3 Å². The molecule has 3 rings (SSSR count). The molecule has 0 aromatic carbocycles. The molecule has 0 saturated heterocycles. The zero-order valence-corrected chi connectivity index (χ0v) is 15.2. The van der Waals surface area contributed by atoms with Gasteiger partial charge in [-0.1, -0.05) is 25.4 Å². The van der Waals surface area contributed by atoms with Crippen LogP contribution >= 0.6 is 11.6 Å².